The van der Waals surface area contributed by atoms with Crippen LogP contribution in [0.2, 0.25) is 0 Å². The highest BCUT2D eigenvalue weighted by Gasteiger charge is 2.21. The van der Waals surface area contributed by atoms with Crippen LogP contribution < -0.4 is 10.6 Å². The monoisotopic (exact) mass is 227 g/mol. The standard InChI is InChI=1S/C12H13N5/c1-2-7-13-10(3-1)16-12-14-8-6-11(17-12)15-9-4-5-9/h1-3,6-9H,4-5H2,(H2,13,14,15,16,17). The van der Waals surface area contributed by atoms with E-state index in [1.54, 1.807) is 12.4 Å². The Labute approximate surface area is 99.3 Å². The summed E-state index contributed by atoms with van der Waals surface area (Å²) in [5, 5.41) is 6.40. The number of pyridine rings is 1. The van der Waals surface area contributed by atoms with Gasteiger partial charge in [-0.25, -0.2) is 9.97 Å². The second kappa shape index (κ2) is 4.37. The summed E-state index contributed by atoms with van der Waals surface area (Å²) in [6, 6.07) is 8.14. The van der Waals surface area contributed by atoms with Crippen molar-refractivity contribution in [2.24, 2.45) is 0 Å². The minimum atomic E-state index is 0.564. The molecule has 0 aliphatic heterocycles. The van der Waals surface area contributed by atoms with E-state index >= 15 is 0 Å². The van der Waals surface area contributed by atoms with E-state index in [0.29, 0.717) is 12.0 Å². The van der Waals surface area contributed by atoms with Crippen LogP contribution in [0.25, 0.3) is 0 Å². The Balaban J connectivity index is 1.73. The fourth-order valence-electron chi connectivity index (χ4n) is 1.49. The molecule has 2 aromatic heterocycles. The van der Waals surface area contributed by atoms with Crippen molar-refractivity contribution in [3.63, 3.8) is 0 Å². The third-order valence-corrected chi connectivity index (χ3v) is 2.49. The number of hydrogen-bond acceptors (Lipinski definition) is 5. The molecule has 5 nitrogen and oxygen atoms in total. The van der Waals surface area contributed by atoms with Gasteiger partial charge >= 0.3 is 0 Å². The molecule has 0 bridgehead atoms. The first-order chi connectivity index (χ1) is 8.40. The minimum absolute atomic E-state index is 0.564. The summed E-state index contributed by atoms with van der Waals surface area (Å²) in [6.45, 7) is 0. The molecule has 0 amide bonds. The van der Waals surface area contributed by atoms with Gasteiger partial charge in [-0.05, 0) is 31.0 Å². The summed E-state index contributed by atoms with van der Waals surface area (Å²) >= 11 is 0. The van der Waals surface area contributed by atoms with Crippen molar-refractivity contribution in [3.05, 3.63) is 36.7 Å². The molecule has 0 unspecified atom stereocenters. The van der Waals surface area contributed by atoms with E-state index in [1.807, 2.05) is 24.3 Å². The molecule has 17 heavy (non-hydrogen) atoms. The van der Waals surface area contributed by atoms with Crippen LogP contribution in [-0.2, 0) is 0 Å². The molecule has 2 aromatic rings. The zero-order valence-corrected chi connectivity index (χ0v) is 9.30. The summed E-state index contributed by atoms with van der Waals surface area (Å²) < 4.78 is 0. The molecule has 1 aliphatic rings. The molecular weight excluding hydrogens is 214 g/mol. The molecule has 2 N–H and O–H groups in total. The number of rotatable bonds is 4. The van der Waals surface area contributed by atoms with Gasteiger partial charge in [-0.3, -0.25) is 0 Å². The van der Waals surface area contributed by atoms with Crippen LogP contribution >= 0.6 is 0 Å². The van der Waals surface area contributed by atoms with E-state index in [4.69, 9.17) is 0 Å². The van der Waals surface area contributed by atoms with Crippen LogP contribution in [0.5, 0.6) is 0 Å². The molecular formula is C12H13N5. The molecule has 0 radical (unpaired) electrons. The summed E-state index contributed by atoms with van der Waals surface area (Å²) in [5.41, 5.74) is 0. The van der Waals surface area contributed by atoms with Crippen LogP contribution in [-0.4, -0.2) is 21.0 Å². The van der Waals surface area contributed by atoms with Gasteiger partial charge in [0.15, 0.2) is 0 Å². The van der Waals surface area contributed by atoms with E-state index in [-0.39, 0.29) is 0 Å². The normalized spacial score (nSPS) is 14.4. The van der Waals surface area contributed by atoms with Crippen LogP contribution in [0.3, 0.4) is 0 Å². The fourth-order valence-corrected chi connectivity index (χ4v) is 1.49. The molecule has 0 spiro atoms. The zero-order chi connectivity index (χ0) is 11.5. The van der Waals surface area contributed by atoms with Gasteiger partial charge in [-0.15, -0.1) is 0 Å². The molecule has 0 saturated heterocycles. The third-order valence-electron chi connectivity index (χ3n) is 2.49. The number of aromatic nitrogens is 3. The lowest BCUT2D eigenvalue weighted by molar-refractivity contribution is 1.08. The Hall–Kier alpha value is -2.17. The summed E-state index contributed by atoms with van der Waals surface area (Å²) in [4.78, 5) is 12.7. The van der Waals surface area contributed by atoms with Crippen molar-refractivity contribution in [1.29, 1.82) is 0 Å². The Morgan fingerprint density at radius 1 is 1.00 bits per heavy atom. The second-order valence-electron chi connectivity index (χ2n) is 4.02. The van der Waals surface area contributed by atoms with Crippen molar-refractivity contribution in [2.75, 3.05) is 10.6 Å². The van der Waals surface area contributed by atoms with Crippen LogP contribution in [0, 0.1) is 0 Å². The lowest BCUT2D eigenvalue weighted by atomic mass is 10.4. The van der Waals surface area contributed by atoms with E-state index in [9.17, 15) is 0 Å². The first-order valence-corrected chi connectivity index (χ1v) is 5.68. The van der Waals surface area contributed by atoms with Crippen LogP contribution in [0.1, 0.15) is 12.8 Å². The molecule has 1 aliphatic carbocycles. The summed E-state index contributed by atoms with van der Waals surface area (Å²) in [5.74, 6) is 2.17. The quantitative estimate of drug-likeness (QED) is 0.838. The van der Waals surface area contributed by atoms with Gasteiger partial charge in [0.2, 0.25) is 5.95 Å². The molecule has 86 valence electrons. The highest BCUT2D eigenvalue weighted by atomic mass is 15.2. The van der Waals surface area contributed by atoms with Crippen LogP contribution in [0.4, 0.5) is 17.6 Å². The minimum Gasteiger partial charge on any atom is -0.367 e. The smallest absolute Gasteiger partial charge is 0.230 e. The van der Waals surface area contributed by atoms with Gasteiger partial charge in [0.05, 0.1) is 0 Å². The molecule has 1 saturated carbocycles. The topological polar surface area (TPSA) is 62.7 Å². The van der Waals surface area contributed by atoms with Crippen molar-refractivity contribution >= 4 is 17.6 Å². The van der Waals surface area contributed by atoms with Crippen molar-refractivity contribution in [2.45, 2.75) is 18.9 Å². The molecule has 0 aromatic carbocycles. The second-order valence-corrected chi connectivity index (χ2v) is 4.02. The maximum absolute atomic E-state index is 4.37. The van der Waals surface area contributed by atoms with Crippen LogP contribution in [0.15, 0.2) is 36.7 Å². The van der Waals surface area contributed by atoms with E-state index in [0.717, 1.165) is 11.6 Å². The highest BCUT2D eigenvalue weighted by Crippen LogP contribution is 2.23. The maximum atomic E-state index is 4.37. The first kappa shape index (κ1) is 10.0. The Kier molecular flexibility index (Phi) is 2.57. The lowest BCUT2D eigenvalue weighted by Crippen LogP contribution is -2.05. The number of nitrogens with one attached hydrogen (secondary N) is 2. The summed E-state index contributed by atoms with van der Waals surface area (Å²) in [7, 11) is 0. The zero-order valence-electron chi connectivity index (χ0n) is 9.30. The predicted molar refractivity (Wildman–Crippen MR) is 66.2 cm³/mol. The molecule has 0 atom stereocenters. The van der Waals surface area contributed by atoms with Gasteiger partial charge in [0.1, 0.15) is 11.6 Å². The van der Waals surface area contributed by atoms with E-state index < -0.39 is 0 Å². The Morgan fingerprint density at radius 3 is 2.71 bits per heavy atom. The molecule has 2 heterocycles. The lowest BCUT2D eigenvalue weighted by Gasteiger charge is -2.06. The summed E-state index contributed by atoms with van der Waals surface area (Å²) in [6.07, 6.45) is 5.93. The van der Waals surface area contributed by atoms with Gasteiger partial charge in [-0.1, -0.05) is 6.07 Å². The number of nitrogens with zero attached hydrogens (tertiary/aromatic N) is 3. The Bertz CT molecular complexity index is 495. The molecule has 5 heteroatoms. The average Bonchev–Trinajstić information content (AvgIpc) is 3.15. The number of anilines is 3. The largest absolute Gasteiger partial charge is 0.367 e. The van der Waals surface area contributed by atoms with Gasteiger partial charge in [0, 0.05) is 18.4 Å². The SMILES string of the molecule is c1ccc(Nc2nccc(NC3CC3)n2)nc1. The average molecular weight is 227 g/mol. The third kappa shape index (κ3) is 2.69. The molecule has 3 rings (SSSR count). The van der Waals surface area contributed by atoms with Crippen molar-refractivity contribution in [3.8, 4) is 0 Å². The maximum Gasteiger partial charge on any atom is 0.230 e. The van der Waals surface area contributed by atoms with E-state index in [1.165, 1.54) is 12.8 Å². The Morgan fingerprint density at radius 2 is 1.94 bits per heavy atom. The van der Waals surface area contributed by atoms with E-state index in [2.05, 4.69) is 25.6 Å². The molecule has 1 fully saturated rings. The van der Waals surface area contributed by atoms with Gasteiger partial charge in [0.25, 0.3) is 0 Å². The van der Waals surface area contributed by atoms with Crippen molar-refractivity contribution in [1.82, 2.24) is 15.0 Å². The predicted octanol–water partition coefficient (Wildman–Crippen LogP) is 2.19. The highest BCUT2D eigenvalue weighted by molar-refractivity contribution is 5.50. The number of hydrogen-bond donors (Lipinski definition) is 2. The van der Waals surface area contributed by atoms with Crippen molar-refractivity contribution < 1.29 is 0 Å². The van der Waals surface area contributed by atoms with Gasteiger partial charge in [-0.2, -0.15) is 4.98 Å². The fraction of sp³-hybridized carbons (Fsp3) is 0.250. The first-order valence-electron chi connectivity index (χ1n) is 5.68. The van der Waals surface area contributed by atoms with Gasteiger partial charge < -0.3 is 10.6 Å².